The van der Waals surface area contributed by atoms with Crippen LogP contribution in [0.25, 0.3) is 0 Å². The molecule has 0 aliphatic heterocycles. The highest BCUT2D eigenvalue weighted by atomic mass is 16.5. The maximum Gasteiger partial charge on any atom is 0.333 e. The first-order chi connectivity index (χ1) is 7.88. The molecule has 0 spiro atoms. The molecule has 0 amide bonds. The predicted octanol–water partition coefficient (Wildman–Crippen LogP) is 3.88. The maximum atomic E-state index is 11.6. The Balaban J connectivity index is 2.90. The van der Waals surface area contributed by atoms with E-state index < -0.39 is 0 Å². The van der Waals surface area contributed by atoms with Crippen molar-refractivity contribution < 1.29 is 9.53 Å². The van der Waals surface area contributed by atoms with Crippen molar-refractivity contribution in [3.63, 3.8) is 0 Å². The Labute approximate surface area is 105 Å². The SMILES string of the molecule is CCOC(=O)/C(C)=C/[C@@H]1C(C)=CCCC1(C)C. The summed E-state index contributed by atoms with van der Waals surface area (Å²) in [7, 11) is 0. The van der Waals surface area contributed by atoms with Gasteiger partial charge in [0.25, 0.3) is 0 Å². The van der Waals surface area contributed by atoms with Crippen LogP contribution in [0, 0.1) is 11.3 Å². The molecule has 1 aliphatic carbocycles. The van der Waals surface area contributed by atoms with Gasteiger partial charge in [0.05, 0.1) is 6.61 Å². The van der Waals surface area contributed by atoms with Gasteiger partial charge in [-0.15, -0.1) is 0 Å². The number of esters is 1. The van der Waals surface area contributed by atoms with Crippen LogP contribution in [0.5, 0.6) is 0 Å². The molecule has 1 atom stereocenters. The van der Waals surface area contributed by atoms with Crippen molar-refractivity contribution in [2.75, 3.05) is 6.61 Å². The average molecular weight is 236 g/mol. The lowest BCUT2D eigenvalue weighted by Crippen LogP contribution is -2.27. The van der Waals surface area contributed by atoms with Crippen LogP contribution in [0.2, 0.25) is 0 Å². The number of hydrogen-bond donors (Lipinski definition) is 0. The third-order valence-electron chi connectivity index (χ3n) is 3.60. The van der Waals surface area contributed by atoms with E-state index in [1.165, 1.54) is 12.0 Å². The summed E-state index contributed by atoms with van der Waals surface area (Å²) in [6.07, 6.45) is 6.66. The zero-order valence-corrected chi connectivity index (χ0v) is 11.7. The Hall–Kier alpha value is -1.05. The van der Waals surface area contributed by atoms with Crippen molar-refractivity contribution in [1.29, 1.82) is 0 Å². The fraction of sp³-hybridized carbons (Fsp3) is 0.667. The highest BCUT2D eigenvalue weighted by molar-refractivity contribution is 5.87. The lowest BCUT2D eigenvalue weighted by Gasteiger charge is -2.37. The zero-order chi connectivity index (χ0) is 13.1. The van der Waals surface area contributed by atoms with Crippen molar-refractivity contribution in [1.82, 2.24) is 0 Å². The molecule has 1 rings (SSSR count). The molecule has 0 unspecified atom stereocenters. The first kappa shape index (κ1) is 14.0. The standard InChI is InChI=1S/C15H24O2/c1-6-17-14(16)12(3)10-13-11(2)8-7-9-15(13,4)5/h8,10,13H,6-7,9H2,1-5H3/b12-10+/t13-/m1/s1. The van der Waals surface area contributed by atoms with E-state index in [1.807, 2.05) is 13.8 Å². The molecular formula is C15H24O2. The zero-order valence-electron chi connectivity index (χ0n) is 11.7. The first-order valence-electron chi connectivity index (χ1n) is 6.40. The molecule has 0 N–H and O–H groups in total. The first-order valence-corrected chi connectivity index (χ1v) is 6.40. The molecule has 0 bridgehead atoms. The molecule has 0 aromatic carbocycles. The van der Waals surface area contributed by atoms with Crippen molar-refractivity contribution >= 4 is 5.97 Å². The molecule has 2 heteroatoms. The summed E-state index contributed by atoms with van der Waals surface area (Å²) in [6, 6.07) is 0. The molecule has 1 aliphatic rings. The van der Waals surface area contributed by atoms with Crippen molar-refractivity contribution in [3.8, 4) is 0 Å². The number of ether oxygens (including phenoxy) is 1. The number of rotatable bonds is 3. The minimum atomic E-state index is -0.193. The summed E-state index contributed by atoms with van der Waals surface area (Å²) in [5.74, 6) is 0.155. The van der Waals surface area contributed by atoms with E-state index in [1.54, 1.807) is 0 Å². The van der Waals surface area contributed by atoms with Gasteiger partial charge in [-0.2, -0.15) is 0 Å². The van der Waals surface area contributed by atoms with Gasteiger partial charge in [0, 0.05) is 11.5 Å². The van der Waals surface area contributed by atoms with Crippen molar-refractivity contribution in [3.05, 3.63) is 23.3 Å². The second-order valence-electron chi connectivity index (χ2n) is 5.52. The third-order valence-corrected chi connectivity index (χ3v) is 3.60. The molecule has 0 saturated heterocycles. The van der Waals surface area contributed by atoms with E-state index in [9.17, 15) is 4.79 Å². The molecule has 2 nitrogen and oxygen atoms in total. The quantitative estimate of drug-likeness (QED) is 0.422. The molecule has 96 valence electrons. The van der Waals surface area contributed by atoms with Crippen LogP contribution in [0.4, 0.5) is 0 Å². The maximum absolute atomic E-state index is 11.6. The highest BCUT2D eigenvalue weighted by Crippen LogP contribution is 2.42. The Morgan fingerprint density at radius 3 is 2.76 bits per heavy atom. The van der Waals surface area contributed by atoms with Gasteiger partial charge in [0.2, 0.25) is 0 Å². The predicted molar refractivity (Wildman–Crippen MR) is 70.7 cm³/mol. The van der Waals surface area contributed by atoms with E-state index in [-0.39, 0.29) is 11.4 Å². The number of hydrogen-bond acceptors (Lipinski definition) is 2. The second kappa shape index (κ2) is 5.52. The van der Waals surface area contributed by atoms with E-state index >= 15 is 0 Å². The summed E-state index contributed by atoms with van der Waals surface area (Å²) in [6.45, 7) is 10.8. The van der Waals surface area contributed by atoms with Gasteiger partial charge < -0.3 is 4.74 Å². The van der Waals surface area contributed by atoms with Crippen LogP contribution >= 0.6 is 0 Å². The van der Waals surface area contributed by atoms with Crippen LogP contribution in [0.15, 0.2) is 23.3 Å². The topological polar surface area (TPSA) is 26.3 Å². The second-order valence-corrected chi connectivity index (χ2v) is 5.52. The van der Waals surface area contributed by atoms with Gasteiger partial charge >= 0.3 is 5.97 Å². The highest BCUT2D eigenvalue weighted by Gasteiger charge is 2.31. The Morgan fingerprint density at radius 2 is 2.24 bits per heavy atom. The summed E-state index contributed by atoms with van der Waals surface area (Å²) in [5, 5.41) is 0. The number of allylic oxidation sites excluding steroid dienone is 3. The van der Waals surface area contributed by atoms with E-state index in [0.29, 0.717) is 12.5 Å². The Bertz CT molecular complexity index is 348. The van der Waals surface area contributed by atoms with Crippen LogP contribution in [-0.2, 0) is 9.53 Å². The summed E-state index contributed by atoms with van der Waals surface area (Å²) in [5.41, 5.74) is 2.32. The van der Waals surface area contributed by atoms with Crippen LogP contribution in [-0.4, -0.2) is 12.6 Å². The Kier molecular flexibility index (Phi) is 4.55. The third kappa shape index (κ3) is 3.45. The van der Waals surface area contributed by atoms with Crippen LogP contribution in [0.1, 0.15) is 47.5 Å². The average Bonchev–Trinajstić information content (AvgIpc) is 2.23. The Morgan fingerprint density at radius 1 is 1.59 bits per heavy atom. The minimum absolute atomic E-state index is 0.193. The van der Waals surface area contributed by atoms with Gasteiger partial charge in [0.1, 0.15) is 0 Å². The molecule has 0 aromatic heterocycles. The minimum Gasteiger partial charge on any atom is -0.463 e. The molecule has 0 aromatic rings. The van der Waals surface area contributed by atoms with Crippen LogP contribution < -0.4 is 0 Å². The smallest absolute Gasteiger partial charge is 0.333 e. The molecule has 0 radical (unpaired) electrons. The van der Waals surface area contributed by atoms with E-state index in [2.05, 4.69) is 32.9 Å². The largest absolute Gasteiger partial charge is 0.463 e. The molecule has 17 heavy (non-hydrogen) atoms. The lowest BCUT2D eigenvalue weighted by atomic mass is 9.68. The molecular weight excluding hydrogens is 212 g/mol. The lowest BCUT2D eigenvalue weighted by molar-refractivity contribution is -0.138. The van der Waals surface area contributed by atoms with Crippen LogP contribution in [0.3, 0.4) is 0 Å². The number of carbonyl (C=O) groups is 1. The van der Waals surface area contributed by atoms with Gasteiger partial charge in [-0.1, -0.05) is 31.6 Å². The summed E-state index contributed by atoms with van der Waals surface area (Å²) < 4.78 is 5.02. The molecule has 0 fully saturated rings. The summed E-state index contributed by atoms with van der Waals surface area (Å²) in [4.78, 5) is 11.6. The van der Waals surface area contributed by atoms with Gasteiger partial charge in [-0.25, -0.2) is 4.79 Å². The normalized spacial score (nSPS) is 24.2. The number of carbonyl (C=O) groups excluding carboxylic acids is 1. The van der Waals surface area contributed by atoms with Crippen molar-refractivity contribution in [2.45, 2.75) is 47.5 Å². The van der Waals surface area contributed by atoms with Crippen molar-refractivity contribution in [2.24, 2.45) is 11.3 Å². The van der Waals surface area contributed by atoms with E-state index in [0.717, 1.165) is 12.0 Å². The van der Waals surface area contributed by atoms with E-state index in [4.69, 9.17) is 4.74 Å². The monoisotopic (exact) mass is 236 g/mol. The fourth-order valence-electron chi connectivity index (χ4n) is 2.49. The van der Waals surface area contributed by atoms with Gasteiger partial charge in [-0.05, 0) is 39.0 Å². The summed E-state index contributed by atoms with van der Waals surface area (Å²) >= 11 is 0. The molecule has 0 saturated carbocycles. The van der Waals surface area contributed by atoms with Gasteiger partial charge in [0.15, 0.2) is 0 Å². The molecule has 0 heterocycles. The van der Waals surface area contributed by atoms with Gasteiger partial charge in [-0.3, -0.25) is 0 Å². The fourth-order valence-corrected chi connectivity index (χ4v) is 2.49.